The maximum Gasteiger partial charge on any atom is 0.323 e. The van der Waals surface area contributed by atoms with Crippen LogP contribution in [-0.2, 0) is 16.0 Å². The van der Waals surface area contributed by atoms with Crippen LogP contribution in [0.2, 0.25) is 0 Å². The molecule has 0 aromatic heterocycles. The van der Waals surface area contributed by atoms with Gasteiger partial charge in [-0.3, -0.25) is 9.69 Å². The molecule has 0 saturated carbocycles. The molecule has 0 bridgehead atoms. The number of nitrogens with two attached hydrogens (primary N) is 1. The van der Waals surface area contributed by atoms with Crippen molar-refractivity contribution in [3.8, 4) is 11.5 Å². The lowest BCUT2D eigenvalue weighted by Crippen LogP contribution is -2.46. The summed E-state index contributed by atoms with van der Waals surface area (Å²) < 4.78 is 16.7. The lowest BCUT2D eigenvalue weighted by atomic mass is 9.85. The van der Waals surface area contributed by atoms with Gasteiger partial charge in [0.2, 0.25) is 0 Å². The standard InChI is InChI=1S/C20H30N2O4/c1-12(2)19(21)20(23)26-14-6-8-22-7-5-13-9-17(24-3)18(25-4)11-15(13)16(22)10-14/h9,11-12,14,16,19H,5-8,10,21H2,1-4H3/t14-,16+,19-/m0/s1. The fourth-order valence-electron chi connectivity index (χ4n) is 3.92. The van der Waals surface area contributed by atoms with E-state index in [0.717, 1.165) is 43.9 Å². The van der Waals surface area contributed by atoms with Crippen molar-refractivity contribution in [1.29, 1.82) is 0 Å². The Balaban J connectivity index is 1.78. The molecule has 1 fully saturated rings. The first-order valence-electron chi connectivity index (χ1n) is 9.39. The van der Waals surface area contributed by atoms with Crippen molar-refractivity contribution in [2.45, 2.75) is 51.3 Å². The van der Waals surface area contributed by atoms with Crippen molar-refractivity contribution < 1.29 is 19.0 Å². The van der Waals surface area contributed by atoms with Gasteiger partial charge in [0.05, 0.1) is 14.2 Å². The number of ether oxygens (including phenoxy) is 3. The van der Waals surface area contributed by atoms with E-state index in [2.05, 4.69) is 17.0 Å². The predicted octanol–water partition coefficient (Wildman–Crippen LogP) is 2.29. The molecule has 1 aromatic rings. The third-order valence-corrected chi connectivity index (χ3v) is 5.61. The number of nitrogens with zero attached hydrogens (tertiary/aromatic N) is 1. The van der Waals surface area contributed by atoms with Gasteiger partial charge < -0.3 is 19.9 Å². The molecule has 0 aliphatic carbocycles. The number of rotatable bonds is 5. The zero-order valence-corrected chi connectivity index (χ0v) is 16.2. The van der Waals surface area contributed by atoms with Crippen LogP contribution in [0.25, 0.3) is 0 Å². The number of carbonyl (C=O) groups is 1. The Morgan fingerprint density at radius 3 is 2.54 bits per heavy atom. The van der Waals surface area contributed by atoms with Gasteiger partial charge in [0.25, 0.3) is 0 Å². The minimum Gasteiger partial charge on any atom is -0.493 e. The molecule has 2 aliphatic rings. The molecule has 1 aromatic carbocycles. The van der Waals surface area contributed by atoms with E-state index < -0.39 is 6.04 Å². The number of fused-ring (bicyclic) bond motifs is 3. The quantitative estimate of drug-likeness (QED) is 0.810. The van der Waals surface area contributed by atoms with Gasteiger partial charge in [0, 0.05) is 25.6 Å². The lowest BCUT2D eigenvalue weighted by molar-refractivity contribution is -0.155. The monoisotopic (exact) mass is 362 g/mol. The van der Waals surface area contributed by atoms with Crippen molar-refractivity contribution in [2.75, 3.05) is 27.3 Å². The van der Waals surface area contributed by atoms with Gasteiger partial charge in [0.15, 0.2) is 11.5 Å². The van der Waals surface area contributed by atoms with E-state index in [1.165, 1.54) is 11.1 Å². The second kappa shape index (κ2) is 7.84. The number of methoxy groups -OCH3 is 2. The zero-order valence-electron chi connectivity index (χ0n) is 16.2. The highest BCUT2D eigenvalue weighted by Crippen LogP contribution is 2.42. The van der Waals surface area contributed by atoms with Gasteiger partial charge in [-0.25, -0.2) is 0 Å². The molecule has 144 valence electrons. The van der Waals surface area contributed by atoms with E-state index in [0.29, 0.717) is 0 Å². The Morgan fingerprint density at radius 2 is 1.88 bits per heavy atom. The largest absolute Gasteiger partial charge is 0.493 e. The summed E-state index contributed by atoms with van der Waals surface area (Å²) in [6, 6.07) is 3.83. The average Bonchev–Trinajstić information content (AvgIpc) is 2.65. The van der Waals surface area contributed by atoms with Crippen molar-refractivity contribution >= 4 is 5.97 Å². The van der Waals surface area contributed by atoms with Gasteiger partial charge in [-0.15, -0.1) is 0 Å². The third kappa shape index (κ3) is 3.67. The predicted molar refractivity (Wildman–Crippen MR) is 99.5 cm³/mol. The average molecular weight is 362 g/mol. The normalized spacial score (nSPS) is 23.8. The summed E-state index contributed by atoms with van der Waals surface area (Å²) in [7, 11) is 3.32. The van der Waals surface area contributed by atoms with Crippen molar-refractivity contribution in [3.05, 3.63) is 23.3 Å². The molecule has 3 rings (SSSR count). The lowest BCUT2D eigenvalue weighted by Gasteiger charge is -2.43. The van der Waals surface area contributed by atoms with Crippen LogP contribution in [0.3, 0.4) is 0 Å². The molecule has 2 aliphatic heterocycles. The fourth-order valence-corrected chi connectivity index (χ4v) is 3.92. The second-order valence-corrected chi connectivity index (χ2v) is 7.56. The van der Waals surface area contributed by atoms with Gasteiger partial charge in [-0.05, 0) is 42.0 Å². The summed E-state index contributed by atoms with van der Waals surface area (Å²) in [6.07, 6.45) is 2.55. The van der Waals surface area contributed by atoms with Crippen LogP contribution in [0, 0.1) is 5.92 Å². The zero-order chi connectivity index (χ0) is 18.8. The number of hydrogen-bond acceptors (Lipinski definition) is 6. The van der Waals surface area contributed by atoms with E-state index in [1.807, 2.05) is 13.8 Å². The highest BCUT2D eigenvalue weighted by atomic mass is 16.5. The van der Waals surface area contributed by atoms with Crippen LogP contribution in [0.15, 0.2) is 12.1 Å². The molecule has 0 amide bonds. The molecule has 2 heterocycles. The Kier molecular flexibility index (Phi) is 5.73. The first-order valence-corrected chi connectivity index (χ1v) is 9.39. The van der Waals surface area contributed by atoms with Crippen LogP contribution >= 0.6 is 0 Å². The summed E-state index contributed by atoms with van der Waals surface area (Å²) in [5, 5.41) is 0. The molecule has 26 heavy (non-hydrogen) atoms. The van der Waals surface area contributed by atoms with E-state index in [4.69, 9.17) is 19.9 Å². The molecular formula is C20H30N2O4. The minimum atomic E-state index is -0.559. The fraction of sp³-hybridized carbons (Fsp3) is 0.650. The molecule has 2 N–H and O–H groups in total. The minimum absolute atomic E-state index is 0.0784. The van der Waals surface area contributed by atoms with Gasteiger partial charge >= 0.3 is 5.97 Å². The maximum atomic E-state index is 12.2. The van der Waals surface area contributed by atoms with Gasteiger partial charge in [-0.1, -0.05) is 13.8 Å². The molecule has 6 heteroatoms. The molecule has 0 radical (unpaired) electrons. The number of carbonyl (C=O) groups excluding carboxylic acids is 1. The smallest absolute Gasteiger partial charge is 0.323 e. The first-order chi connectivity index (χ1) is 12.4. The van der Waals surface area contributed by atoms with E-state index in [-0.39, 0.29) is 24.0 Å². The van der Waals surface area contributed by atoms with Gasteiger partial charge in [-0.2, -0.15) is 0 Å². The Hall–Kier alpha value is -1.79. The first kappa shape index (κ1) is 19.0. The SMILES string of the molecule is COc1cc2c(cc1OC)[C@H]1C[C@@H](OC(=O)[C@@H](N)C(C)C)CCN1CC2. The van der Waals surface area contributed by atoms with Crippen LogP contribution in [0.4, 0.5) is 0 Å². The van der Waals surface area contributed by atoms with Crippen molar-refractivity contribution in [2.24, 2.45) is 11.7 Å². The van der Waals surface area contributed by atoms with E-state index in [1.54, 1.807) is 14.2 Å². The molecule has 1 saturated heterocycles. The number of esters is 1. The topological polar surface area (TPSA) is 74.0 Å². The summed E-state index contributed by atoms with van der Waals surface area (Å²) in [5.41, 5.74) is 8.48. The number of benzene rings is 1. The summed E-state index contributed by atoms with van der Waals surface area (Å²) in [5.74, 6) is 1.30. The molecule has 0 unspecified atom stereocenters. The summed E-state index contributed by atoms with van der Waals surface area (Å²) in [4.78, 5) is 14.7. The van der Waals surface area contributed by atoms with E-state index >= 15 is 0 Å². The number of hydrogen-bond donors (Lipinski definition) is 1. The van der Waals surface area contributed by atoms with Crippen LogP contribution < -0.4 is 15.2 Å². The van der Waals surface area contributed by atoms with Crippen LogP contribution in [0.5, 0.6) is 11.5 Å². The van der Waals surface area contributed by atoms with Crippen molar-refractivity contribution in [1.82, 2.24) is 4.90 Å². The van der Waals surface area contributed by atoms with Crippen LogP contribution in [0.1, 0.15) is 43.9 Å². The maximum absolute atomic E-state index is 12.2. The third-order valence-electron chi connectivity index (χ3n) is 5.61. The molecule has 0 spiro atoms. The van der Waals surface area contributed by atoms with E-state index in [9.17, 15) is 4.79 Å². The van der Waals surface area contributed by atoms with Gasteiger partial charge in [0.1, 0.15) is 12.1 Å². The summed E-state index contributed by atoms with van der Waals surface area (Å²) >= 11 is 0. The molecular weight excluding hydrogens is 332 g/mol. The molecule has 3 atom stereocenters. The second-order valence-electron chi connectivity index (χ2n) is 7.56. The van der Waals surface area contributed by atoms with Crippen LogP contribution in [-0.4, -0.2) is 50.3 Å². The molecule has 6 nitrogen and oxygen atoms in total. The van der Waals surface area contributed by atoms with Crippen molar-refractivity contribution in [3.63, 3.8) is 0 Å². The highest BCUT2D eigenvalue weighted by molar-refractivity contribution is 5.76. The highest BCUT2D eigenvalue weighted by Gasteiger charge is 2.36. The summed E-state index contributed by atoms with van der Waals surface area (Å²) in [6.45, 7) is 5.81. The number of piperidine rings is 1. The Labute approximate surface area is 155 Å². The Bertz CT molecular complexity index is 661. The Morgan fingerprint density at radius 1 is 1.19 bits per heavy atom.